The number of carbonyl (C=O) groups is 1. The molecule has 0 saturated carbocycles. The molecule has 0 aromatic rings. The first-order valence-corrected chi connectivity index (χ1v) is 8.45. The van der Waals surface area contributed by atoms with Gasteiger partial charge in [-0.25, -0.2) is 8.42 Å². The number of amides is 1. The van der Waals surface area contributed by atoms with E-state index in [1.165, 1.54) is 0 Å². The third-order valence-corrected chi connectivity index (χ3v) is 5.08. The standard InChI is InChI=1S/C13H22N2O3S/c1-2-9-15(12-7-10-19(17,18)11-12)13(16)6-4-3-5-8-14/h1,12H,3-11,14H2. The number of terminal acetylenes is 1. The van der Waals surface area contributed by atoms with Crippen LogP contribution < -0.4 is 5.73 Å². The van der Waals surface area contributed by atoms with Gasteiger partial charge in [-0.3, -0.25) is 4.79 Å². The van der Waals surface area contributed by atoms with E-state index >= 15 is 0 Å². The van der Waals surface area contributed by atoms with Crippen LogP contribution in [0.2, 0.25) is 0 Å². The van der Waals surface area contributed by atoms with E-state index in [4.69, 9.17) is 12.2 Å². The van der Waals surface area contributed by atoms with Crippen LogP contribution in [-0.2, 0) is 14.6 Å². The van der Waals surface area contributed by atoms with Crippen LogP contribution in [0, 0.1) is 12.3 Å². The molecule has 0 bridgehead atoms. The SMILES string of the molecule is C#CCN(C(=O)CCCCCN)C1CCS(=O)(=O)C1. The largest absolute Gasteiger partial charge is 0.330 e. The molecule has 2 N–H and O–H groups in total. The maximum Gasteiger partial charge on any atom is 0.223 e. The Morgan fingerprint density at radius 3 is 2.63 bits per heavy atom. The minimum Gasteiger partial charge on any atom is -0.330 e. The van der Waals surface area contributed by atoms with Gasteiger partial charge in [0.2, 0.25) is 5.91 Å². The van der Waals surface area contributed by atoms with Gasteiger partial charge in [-0.05, 0) is 25.8 Å². The molecule has 0 aromatic heterocycles. The lowest BCUT2D eigenvalue weighted by Crippen LogP contribution is -2.41. The fourth-order valence-electron chi connectivity index (χ4n) is 2.28. The highest BCUT2D eigenvalue weighted by Crippen LogP contribution is 2.19. The van der Waals surface area contributed by atoms with Gasteiger partial charge in [0.15, 0.2) is 9.84 Å². The van der Waals surface area contributed by atoms with Crippen molar-refractivity contribution in [1.29, 1.82) is 0 Å². The molecular weight excluding hydrogens is 264 g/mol. The minimum absolute atomic E-state index is 0.0444. The van der Waals surface area contributed by atoms with E-state index in [1.54, 1.807) is 4.90 Å². The van der Waals surface area contributed by atoms with Gasteiger partial charge >= 0.3 is 0 Å². The van der Waals surface area contributed by atoms with E-state index in [1.807, 2.05) is 0 Å². The molecule has 0 spiro atoms. The molecule has 5 nitrogen and oxygen atoms in total. The fourth-order valence-corrected chi connectivity index (χ4v) is 4.01. The number of rotatable bonds is 7. The molecule has 0 aliphatic carbocycles. The van der Waals surface area contributed by atoms with Crippen molar-refractivity contribution in [2.24, 2.45) is 5.73 Å². The summed E-state index contributed by atoms with van der Waals surface area (Å²) in [4.78, 5) is 13.6. The first-order chi connectivity index (χ1) is 9.00. The third-order valence-electron chi connectivity index (χ3n) is 3.33. The molecule has 1 atom stereocenters. The lowest BCUT2D eigenvalue weighted by Gasteiger charge is -2.26. The van der Waals surface area contributed by atoms with E-state index in [0.29, 0.717) is 19.4 Å². The second-order valence-electron chi connectivity index (χ2n) is 4.88. The molecule has 0 aromatic carbocycles. The Morgan fingerprint density at radius 2 is 2.11 bits per heavy atom. The highest BCUT2D eigenvalue weighted by molar-refractivity contribution is 7.91. The Labute approximate surface area is 115 Å². The monoisotopic (exact) mass is 286 g/mol. The Morgan fingerprint density at radius 1 is 1.37 bits per heavy atom. The first-order valence-electron chi connectivity index (χ1n) is 6.63. The Bertz CT molecular complexity index is 439. The average molecular weight is 286 g/mol. The summed E-state index contributed by atoms with van der Waals surface area (Å²) in [6, 6.07) is -0.247. The maximum atomic E-state index is 12.1. The summed E-state index contributed by atoms with van der Waals surface area (Å²) in [5.41, 5.74) is 5.39. The molecule has 1 unspecified atom stereocenters. The van der Waals surface area contributed by atoms with Crippen LogP contribution in [-0.4, -0.2) is 49.9 Å². The van der Waals surface area contributed by atoms with Gasteiger partial charge in [0, 0.05) is 12.5 Å². The quantitative estimate of drug-likeness (QED) is 0.534. The Balaban J connectivity index is 2.53. The molecule has 1 amide bonds. The number of nitrogens with zero attached hydrogens (tertiary/aromatic N) is 1. The van der Waals surface area contributed by atoms with Gasteiger partial charge in [0.1, 0.15) is 0 Å². The van der Waals surface area contributed by atoms with E-state index in [2.05, 4.69) is 5.92 Å². The third kappa shape index (κ3) is 5.21. The lowest BCUT2D eigenvalue weighted by atomic mass is 10.1. The smallest absolute Gasteiger partial charge is 0.223 e. The van der Waals surface area contributed by atoms with Gasteiger partial charge < -0.3 is 10.6 Å². The molecule has 108 valence electrons. The van der Waals surface area contributed by atoms with Gasteiger partial charge in [0.05, 0.1) is 18.1 Å². The molecule has 1 rings (SSSR count). The summed E-state index contributed by atoms with van der Waals surface area (Å²) in [5.74, 6) is 2.60. The van der Waals surface area contributed by atoms with E-state index < -0.39 is 9.84 Å². The molecule has 1 aliphatic rings. The predicted molar refractivity (Wildman–Crippen MR) is 75.1 cm³/mol. The molecular formula is C13H22N2O3S. The second-order valence-corrected chi connectivity index (χ2v) is 7.11. The molecule has 1 fully saturated rings. The Kier molecular flexibility index (Phi) is 6.32. The van der Waals surface area contributed by atoms with Gasteiger partial charge in [-0.15, -0.1) is 6.42 Å². The number of hydrogen-bond acceptors (Lipinski definition) is 4. The van der Waals surface area contributed by atoms with E-state index in [0.717, 1.165) is 19.3 Å². The van der Waals surface area contributed by atoms with Crippen LogP contribution in [0.15, 0.2) is 0 Å². The molecule has 6 heteroatoms. The zero-order chi connectivity index (χ0) is 14.3. The number of hydrogen-bond donors (Lipinski definition) is 1. The van der Waals surface area contributed by atoms with Crippen LogP contribution in [0.3, 0.4) is 0 Å². The highest BCUT2D eigenvalue weighted by Gasteiger charge is 2.33. The minimum atomic E-state index is -3.00. The van der Waals surface area contributed by atoms with Crippen LogP contribution in [0.4, 0.5) is 0 Å². The lowest BCUT2D eigenvalue weighted by molar-refractivity contribution is -0.132. The van der Waals surface area contributed by atoms with Crippen molar-refractivity contribution < 1.29 is 13.2 Å². The zero-order valence-corrected chi connectivity index (χ0v) is 12.0. The topological polar surface area (TPSA) is 80.5 Å². The molecule has 1 aliphatic heterocycles. The first kappa shape index (κ1) is 16.0. The number of sulfone groups is 1. The normalized spacial score (nSPS) is 20.9. The van der Waals surface area contributed by atoms with Crippen molar-refractivity contribution in [3.63, 3.8) is 0 Å². The van der Waals surface area contributed by atoms with Gasteiger partial charge in [0.25, 0.3) is 0 Å². The molecule has 0 radical (unpaired) electrons. The summed E-state index contributed by atoms with van der Waals surface area (Å²) in [6.45, 7) is 0.818. The van der Waals surface area contributed by atoms with Gasteiger partial charge in [-0.2, -0.15) is 0 Å². The van der Waals surface area contributed by atoms with Crippen molar-refractivity contribution >= 4 is 15.7 Å². The van der Waals surface area contributed by atoms with Crippen molar-refractivity contribution in [3.8, 4) is 12.3 Å². The molecule has 1 saturated heterocycles. The van der Waals surface area contributed by atoms with Crippen molar-refractivity contribution in [2.45, 2.75) is 38.1 Å². The van der Waals surface area contributed by atoms with Gasteiger partial charge in [-0.1, -0.05) is 12.3 Å². The summed E-state index contributed by atoms with van der Waals surface area (Å²) in [5, 5.41) is 0. The van der Waals surface area contributed by atoms with Crippen LogP contribution in [0.25, 0.3) is 0 Å². The molecule has 19 heavy (non-hydrogen) atoms. The summed E-state index contributed by atoms with van der Waals surface area (Å²) in [6.07, 6.45) is 8.77. The van der Waals surface area contributed by atoms with Crippen molar-refractivity contribution in [2.75, 3.05) is 24.6 Å². The maximum absolute atomic E-state index is 12.1. The van der Waals surface area contributed by atoms with Crippen molar-refractivity contribution in [3.05, 3.63) is 0 Å². The number of carbonyl (C=O) groups excluding carboxylic acids is 1. The number of nitrogens with two attached hydrogens (primary N) is 1. The van der Waals surface area contributed by atoms with Crippen LogP contribution in [0.5, 0.6) is 0 Å². The fraction of sp³-hybridized carbons (Fsp3) is 0.769. The number of unbranched alkanes of at least 4 members (excludes halogenated alkanes) is 2. The average Bonchev–Trinajstić information content (AvgIpc) is 2.71. The predicted octanol–water partition coefficient (Wildman–Crippen LogP) is 0.154. The van der Waals surface area contributed by atoms with Crippen LogP contribution in [0.1, 0.15) is 32.1 Å². The highest BCUT2D eigenvalue weighted by atomic mass is 32.2. The second kappa shape index (κ2) is 7.51. The van der Waals surface area contributed by atoms with Crippen LogP contribution >= 0.6 is 0 Å². The summed E-state index contributed by atoms with van der Waals surface area (Å²) < 4.78 is 22.9. The summed E-state index contributed by atoms with van der Waals surface area (Å²) >= 11 is 0. The Hall–Kier alpha value is -1.06. The van der Waals surface area contributed by atoms with E-state index in [9.17, 15) is 13.2 Å². The molecule has 1 heterocycles. The van der Waals surface area contributed by atoms with Crippen molar-refractivity contribution in [1.82, 2.24) is 4.90 Å². The summed E-state index contributed by atoms with van der Waals surface area (Å²) in [7, 11) is -3.00. The van der Waals surface area contributed by atoms with E-state index in [-0.39, 0.29) is 30.0 Å². The zero-order valence-electron chi connectivity index (χ0n) is 11.2.